The Morgan fingerprint density at radius 1 is 0.970 bits per heavy atom. The predicted octanol–water partition coefficient (Wildman–Crippen LogP) is 2.42. The number of benzene rings is 2. The number of amides is 2. The quantitative estimate of drug-likeness (QED) is 0.695. The van der Waals surface area contributed by atoms with Gasteiger partial charge in [0.2, 0.25) is 0 Å². The number of thioether (sulfide) groups is 1. The lowest BCUT2D eigenvalue weighted by Crippen LogP contribution is -2.48. The van der Waals surface area contributed by atoms with Crippen LogP contribution in [0.15, 0.2) is 58.4 Å². The molecule has 0 atom stereocenters. The maximum Gasteiger partial charge on any atom is 0.323 e. The molecule has 1 fully saturated rings. The minimum Gasteiger partial charge on any atom is -0.480 e. The molecule has 0 aliphatic carbocycles. The molecule has 5 rings (SSSR count). The number of hydrogen-bond acceptors (Lipinski definition) is 6. The minimum atomic E-state index is -1.14. The lowest BCUT2D eigenvalue weighted by molar-refractivity contribution is -0.136. The van der Waals surface area contributed by atoms with Gasteiger partial charge in [0.15, 0.2) is 5.17 Å². The fourth-order valence-corrected chi connectivity index (χ4v) is 5.28. The number of halogens is 1. The van der Waals surface area contributed by atoms with Gasteiger partial charge in [-0.3, -0.25) is 19.3 Å². The van der Waals surface area contributed by atoms with Crippen molar-refractivity contribution in [3.8, 4) is 0 Å². The normalized spacial score (nSPS) is 20.4. The van der Waals surface area contributed by atoms with Crippen LogP contribution < -0.4 is 9.80 Å². The first-order valence-electron chi connectivity index (χ1n) is 10.4. The maximum atomic E-state index is 14.1. The average Bonchev–Trinajstić information content (AvgIpc) is 3.31. The summed E-state index contributed by atoms with van der Waals surface area (Å²) in [5, 5.41) is 9.71. The topological polar surface area (TPSA) is 93.5 Å². The summed E-state index contributed by atoms with van der Waals surface area (Å²) in [6.07, 6.45) is 0. The highest BCUT2D eigenvalue weighted by Crippen LogP contribution is 2.43. The van der Waals surface area contributed by atoms with Crippen molar-refractivity contribution in [2.75, 3.05) is 42.5 Å². The molecule has 3 aliphatic rings. The molecule has 1 N–H and O–H groups in total. The second kappa shape index (κ2) is 8.36. The van der Waals surface area contributed by atoms with E-state index in [1.54, 1.807) is 42.5 Å². The molecule has 3 heterocycles. The fourth-order valence-electron chi connectivity index (χ4n) is 4.23. The second-order valence-electron chi connectivity index (χ2n) is 7.73. The van der Waals surface area contributed by atoms with Gasteiger partial charge in [0, 0.05) is 31.7 Å². The van der Waals surface area contributed by atoms with E-state index in [2.05, 4.69) is 4.99 Å². The molecular formula is C23H19FN4O4S. The molecule has 1 saturated heterocycles. The molecule has 33 heavy (non-hydrogen) atoms. The number of para-hydroxylation sites is 2. The number of rotatable bonds is 3. The number of anilines is 2. The van der Waals surface area contributed by atoms with Crippen LogP contribution in [0.3, 0.4) is 0 Å². The van der Waals surface area contributed by atoms with E-state index >= 15 is 0 Å². The Morgan fingerprint density at radius 3 is 2.30 bits per heavy atom. The third-order valence-corrected chi connectivity index (χ3v) is 6.89. The van der Waals surface area contributed by atoms with Crippen molar-refractivity contribution in [3.05, 3.63) is 64.8 Å². The van der Waals surface area contributed by atoms with E-state index in [4.69, 9.17) is 0 Å². The van der Waals surface area contributed by atoms with Crippen molar-refractivity contribution in [2.45, 2.75) is 0 Å². The average molecular weight is 466 g/mol. The highest BCUT2D eigenvalue weighted by atomic mass is 32.2. The van der Waals surface area contributed by atoms with Gasteiger partial charge in [-0.1, -0.05) is 30.3 Å². The minimum absolute atomic E-state index is 0.186. The summed E-state index contributed by atoms with van der Waals surface area (Å²) in [5.74, 6) is -2.44. The van der Waals surface area contributed by atoms with Crippen LogP contribution in [-0.2, 0) is 14.4 Å². The van der Waals surface area contributed by atoms with Gasteiger partial charge >= 0.3 is 5.97 Å². The lowest BCUT2D eigenvalue weighted by Gasteiger charge is -2.36. The molecule has 3 aliphatic heterocycles. The zero-order valence-corrected chi connectivity index (χ0v) is 18.2. The number of hydrogen-bond donors (Lipinski definition) is 1. The SMILES string of the molecule is O=C(O)CN1C(=O)/C(=C2\SC(N3CCN(c4ccccc4F)CC3)=NC2=O)c2ccccc21. The number of amidine groups is 1. The van der Waals surface area contributed by atoms with Crippen molar-refractivity contribution >= 4 is 51.7 Å². The summed E-state index contributed by atoms with van der Waals surface area (Å²) in [6, 6.07) is 13.4. The van der Waals surface area contributed by atoms with Gasteiger partial charge in [-0.05, 0) is 30.0 Å². The summed E-state index contributed by atoms with van der Waals surface area (Å²) in [4.78, 5) is 46.6. The molecule has 8 nitrogen and oxygen atoms in total. The number of carboxylic acids is 1. The summed E-state index contributed by atoms with van der Waals surface area (Å²) < 4.78 is 14.1. The van der Waals surface area contributed by atoms with Crippen molar-refractivity contribution in [2.24, 2.45) is 4.99 Å². The first-order chi connectivity index (χ1) is 15.9. The van der Waals surface area contributed by atoms with Gasteiger partial charge in [0.05, 0.1) is 21.9 Å². The van der Waals surface area contributed by atoms with Gasteiger partial charge in [0.1, 0.15) is 12.4 Å². The first-order valence-corrected chi connectivity index (χ1v) is 11.2. The van der Waals surface area contributed by atoms with Crippen molar-refractivity contribution < 1.29 is 23.9 Å². The first kappa shape index (κ1) is 21.2. The molecule has 0 spiro atoms. The maximum absolute atomic E-state index is 14.1. The summed E-state index contributed by atoms with van der Waals surface area (Å²) in [6.45, 7) is 1.73. The molecule has 2 aromatic rings. The summed E-state index contributed by atoms with van der Waals surface area (Å²) >= 11 is 1.13. The number of carbonyl (C=O) groups excluding carboxylic acids is 2. The van der Waals surface area contributed by atoms with E-state index in [9.17, 15) is 23.9 Å². The smallest absolute Gasteiger partial charge is 0.323 e. The highest BCUT2D eigenvalue weighted by Gasteiger charge is 2.40. The number of aliphatic imine (C=N–C) groups is 1. The van der Waals surface area contributed by atoms with Crippen LogP contribution in [0.5, 0.6) is 0 Å². The number of carboxylic acid groups (broad SMARTS) is 1. The van der Waals surface area contributed by atoms with Crippen LogP contribution in [0.1, 0.15) is 5.56 Å². The predicted molar refractivity (Wildman–Crippen MR) is 124 cm³/mol. The Bertz CT molecular complexity index is 1240. The van der Waals surface area contributed by atoms with E-state index in [1.807, 2.05) is 9.80 Å². The van der Waals surface area contributed by atoms with Gasteiger partial charge in [0.25, 0.3) is 11.8 Å². The van der Waals surface area contributed by atoms with Gasteiger partial charge in [-0.2, -0.15) is 4.99 Å². The largest absolute Gasteiger partial charge is 0.480 e. The van der Waals surface area contributed by atoms with Gasteiger partial charge in [-0.15, -0.1) is 0 Å². The molecule has 0 aromatic heterocycles. The Labute approximate surface area is 193 Å². The number of aliphatic carboxylic acids is 1. The number of carbonyl (C=O) groups is 3. The van der Waals surface area contributed by atoms with Crippen molar-refractivity contribution in [3.63, 3.8) is 0 Å². The van der Waals surface area contributed by atoms with E-state index < -0.39 is 24.3 Å². The van der Waals surface area contributed by atoms with E-state index in [0.29, 0.717) is 48.3 Å². The van der Waals surface area contributed by atoms with Crippen LogP contribution in [0.2, 0.25) is 0 Å². The molecule has 0 saturated carbocycles. The summed E-state index contributed by atoms with van der Waals surface area (Å²) in [5.41, 5.74) is 1.72. The Balaban J connectivity index is 1.37. The zero-order valence-electron chi connectivity index (χ0n) is 17.4. The Morgan fingerprint density at radius 2 is 1.61 bits per heavy atom. The highest BCUT2D eigenvalue weighted by molar-refractivity contribution is 8.18. The molecule has 0 bridgehead atoms. The van der Waals surface area contributed by atoms with E-state index in [-0.39, 0.29) is 16.3 Å². The van der Waals surface area contributed by atoms with E-state index in [1.165, 1.54) is 11.0 Å². The number of nitrogens with zero attached hydrogens (tertiary/aromatic N) is 4. The van der Waals surface area contributed by atoms with Crippen LogP contribution >= 0.6 is 11.8 Å². The van der Waals surface area contributed by atoms with Crippen molar-refractivity contribution in [1.82, 2.24) is 4.90 Å². The second-order valence-corrected chi connectivity index (χ2v) is 8.71. The zero-order chi connectivity index (χ0) is 23.1. The molecule has 2 aromatic carbocycles. The van der Waals surface area contributed by atoms with Crippen LogP contribution in [0.25, 0.3) is 5.57 Å². The molecule has 2 amide bonds. The standard InChI is InChI=1S/C23H19FN4O4S/c24-15-6-2-4-8-17(15)26-9-11-27(12-10-26)23-25-21(31)20(33-23)19-14-5-1-3-7-16(14)28(22(19)32)13-18(29)30/h1-8H,9-13H2,(H,29,30)/b20-19-. The molecular weight excluding hydrogens is 447 g/mol. The molecule has 0 radical (unpaired) electrons. The van der Waals surface area contributed by atoms with Crippen LogP contribution in [-0.4, -0.2) is 65.7 Å². The monoisotopic (exact) mass is 466 g/mol. The lowest BCUT2D eigenvalue weighted by atomic mass is 10.1. The number of fused-ring (bicyclic) bond motifs is 1. The molecule has 0 unspecified atom stereocenters. The summed E-state index contributed by atoms with van der Waals surface area (Å²) in [7, 11) is 0. The third-order valence-electron chi connectivity index (χ3n) is 5.77. The van der Waals surface area contributed by atoms with Gasteiger partial charge < -0.3 is 14.9 Å². The molecule has 10 heteroatoms. The fraction of sp³-hybridized carbons (Fsp3) is 0.217. The number of piperazine rings is 1. The Hall–Kier alpha value is -3.66. The van der Waals surface area contributed by atoms with Gasteiger partial charge in [-0.25, -0.2) is 4.39 Å². The van der Waals surface area contributed by atoms with Crippen LogP contribution in [0.4, 0.5) is 15.8 Å². The van der Waals surface area contributed by atoms with E-state index in [0.717, 1.165) is 11.8 Å². The molecule has 168 valence electrons. The Kier molecular flexibility index (Phi) is 5.37. The van der Waals surface area contributed by atoms with Crippen LogP contribution in [0, 0.1) is 5.82 Å². The third kappa shape index (κ3) is 3.76. The van der Waals surface area contributed by atoms with Crippen molar-refractivity contribution in [1.29, 1.82) is 0 Å².